The number of nitrogens with zero attached hydrogens (tertiary/aromatic N) is 1. The van der Waals surface area contributed by atoms with Crippen LogP contribution in [0.2, 0.25) is 0 Å². The fourth-order valence-electron chi connectivity index (χ4n) is 1.94. The molecule has 3 nitrogen and oxygen atoms in total. The lowest BCUT2D eigenvalue weighted by Gasteiger charge is -2.24. The van der Waals surface area contributed by atoms with Crippen molar-refractivity contribution in [2.45, 2.75) is 39.3 Å². The number of likely N-dealkylation sites (tertiary alicyclic amines) is 1. The Kier molecular flexibility index (Phi) is 3.31. The summed E-state index contributed by atoms with van der Waals surface area (Å²) >= 11 is 0. The SMILES string of the molecule is COC(C)C(=O)N1CC(C)CC1C. The summed E-state index contributed by atoms with van der Waals surface area (Å²) in [6.45, 7) is 6.97. The van der Waals surface area contributed by atoms with Crippen LogP contribution in [-0.4, -0.2) is 36.6 Å². The number of carbonyl (C=O) groups is 1. The average Bonchev–Trinajstić information content (AvgIpc) is 2.42. The second-order valence-electron chi connectivity index (χ2n) is 4.06. The fraction of sp³-hybridized carbons (Fsp3) is 0.900. The summed E-state index contributed by atoms with van der Waals surface area (Å²) in [5, 5.41) is 0. The minimum atomic E-state index is -0.298. The third-order valence-electron chi connectivity index (χ3n) is 2.77. The molecule has 0 aliphatic carbocycles. The molecule has 0 aromatic heterocycles. The first-order valence-corrected chi connectivity index (χ1v) is 4.89. The van der Waals surface area contributed by atoms with E-state index in [1.165, 1.54) is 0 Å². The maximum atomic E-state index is 11.7. The first-order chi connectivity index (χ1) is 6.06. The van der Waals surface area contributed by atoms with Gasteiger partial charge in [0.15, 0.2) is 0 Å². The smallest absolute Gasteiger partial charge is 0.251 e. The number of carbonyl (C=O) groups excluding carboxylic acids is 1. The molecule has 1 aliphatic rings. The number of amides is 1. The Morgan fingerprint density at radius 1 is 1.54 bits per heavy atom. The van der Waals surface area contributed by atoms with Gasteiger partial charge in [-0.15, -0.1) is 0 Å². The van der Waals surface area contributed by atoms with Crippen molar-refractivity contribution in [2.24, 2.45) is 5.92 Å². The largest absolute Gasteiger partial charge is 0.372 e. The zero-order valence-corrected chi connectivity index (χ0v) is 8.91. The molecule has 1 heterocycles. The van der Waals surface area contributed by atoms with Crippen LogP contribution in [0.3, 0.4) is 0 Å². The number of rotatable bonds is 2. The van der Waals surface area contributed by atoms with Crippen LogP contribution in [0, 0.1) is 5.92 Å². The lowest BCUT2D eigenvalue weighted by Crippen LogP contribution is -2.40. The van der Waals surface area contributed by atoms with Crippen molar-refractivity contribution in [3.8, 4) is 0 Å². The first-order valence-electron chi connectivity index (χ1n) is 4.89. The molecular weight excluding hydrogens is 166 g/mol. The molecule has 0 spiro atoms. The molecule has 1 fully saturated rings. The minimum absolute atomic E-state index is 0.124. The van der Waals surface area contributed by atoms with Gasteiger partial charge in [0, 0.05) is 19.7 Å². The molecule has 3 unspecified atom stereocenters. The van der Waals surface area contributed by atoms with Gasteiger partial charge >= 0.3 is 0 Å². The van der Waals surface area contributed by atoms with Crippen LogP contribution < -0.4 is 0 Å². The molecule has 0 saturated carbocycles. The summed E-state index contributed by atoms with van der Waals surface area (Å²) < 4.78 is 5.02. The van der Waals surface area contributed by atoms with Crippen LogP contribution in [0.25, 0.3) is 0 Å². The van der Waals surface area contributed by atoms with Gasteiger partial charge in [0.1, 0.15) is 6.10 Å². The van der Waals surface area contributed by atoms with Gasteiger partial charge in [-0.3, -0.25) is 4.79 Å². The van der Waals surface area contributed by atoms with E-state index in [0.717, 1.165) is 13.0 Å². The van der Waals surface area contributed by atoms with Gasteiger partial charge in [-0.2, -0.15) is 0 Å². The number of hydrogen-bond acceptors (Lipinski definition) is 2. The summed E-state index contributed by atoms with van der Waals surface area (Å²) in [5.74, 6) is 0.752. The number of methoxy groups -OCH3 is 1. The maximum Gasteiger partial charge on any atom is 0.251 e. The summed E-state index contributed by atoms with van der Waals surface area (Å²) in [7, 11) is 1.58. The van der Waals surface area contributed by atoms with Crippen LogP contribution in [0.5, 0.6) is 0 Å². The minimum Gasteiger partial charge on any atom is -0.372 e. The molecule has 0 radical (unpaired) electrons. The van der Waals surface area contributed by atoms with E-state index in [9.17, 15) is 4.79 Å². The Balaban J connectivity index is 2.57. The molecule has 3 heteroatoms. The van der Waals surface area contributed by atoms with Crippen molar-refractivity contribution in [2.75, 3.05) is 13.7 Å². The third-order valence-corrected chi connectivity index (χ3v) is 2.77. The van der Waals surface area contributed by atoms with Crippen molar-refractivity contribution < 1.29 is 9.53 Å². The summed E-state index contributed by atoms with van der Waals surface area (Å²) in [6, 6.07) is 0.375. The van der Waals surface area contributed by atoms with E-state index in [1.807, 2.05) is 4.90 Å². The van der Waals surface area contributed by atoms with Crippen LogP contribution in [0.1, 0.15) is 27.2 Å². The Hall–Kier alpha value is -0.570. The third kappa shape index (κ3) is 2.21. The van der Waals surface area contributed by atoms with Crippen molar-refractivity contribution in [1.82, 2.24) is 4.90 Å². The van der Waals surface area contributed by atoms with Gasteiger partial charge in [-0.25, -0.2) is 0 Å². The summed E-state index contributed by atoms with van der Waals surface area (Å²) in [5.41, 5.74) is 0. The lowest BCUT2D eigenvalue weighted by atomic mass is 10.1. The summed E-state index contributed by atoms with van der Waals surface area (Å²) in [4.78, 5) is 13.7. The van der Waals surface area contributed by atoms with Gasteiger partial charge in [0.05, 0.1) is 0 Å². The molecule has 0 aromatic carbocycles. The molecule has 1 aliphatic heterocycles. The van der Waals surface area contributed by atoms with Gasteiger partial charge < -0.3 is 9.64 Å². The number of ether oxygens (including phenoxy) is 1. The predicted octanol–water partition coefficient (Wildman–Crippen LogP) is 1.28. The topological polar surface area (TPSA) is 29.5 Å². The molecule has 0 bridgehead atoms. The van der Waals surface area contributed by atoms with Crippen molar-refractivity contribution in [3.63, 3.8) is 0 Å². The molecule has 0 N–H and O–H groups in total. The van der Waals surface area contributed by atoms with Gasteiger partial charge in [0.25, 0.3) is 5.91 Å². The lowest BCUT2D eigenvalue weighted by molar-refractivity contribution is -0.141. The highest BCUT2D eigenvalue weighted by Gasteiger charge is 2.32. The predicted molar refractivity (Wildman–Crippen MR) is 51.4 cm³/mol. The van der Waals surface area contributed by atoms with Gasteiger partial charge in [-0.05, 0) is 26.2 Å². The van der Waals surface area contributed by atoms with Crippen molar-refractivity contribution in [3.05, 3.63) is 0 Å². The molecule has 13 heavy (non-hydrogen) atoms. The highest BCUT2D eigenvalue weighted by Crippen LogP contribution is 2.23. The van der Waals surface area contributed by atoms with Gasteiger partial charge in [-0.1, -0.05) is 6.92 Å². The second kappa shape index (κ2) is 4.09. The van der Waals surface area contributed by atoms with Crippen molar-refractivity contribution >= 4 is 5.91 Å². The van der Waals surface area contributed by atoms with Crippen LogP contribution in [0.15, 0.2) is 0 Å². The first kappa shape index (κ1) is 10.5. The normalized spacial score (nSPS) is 30.6. The average molecular weight is 185 g/mol. The summed E-state index contributed by atoms with van der Waals surface area (Å²) in [6.07, 6.45) is 0.815. The Bertz CT molecular complexity index is 193. The van der Waals surface area contributed by atoms with E-state index in [-0.39, 0.29) is 12.0 Å². The monoisotopic (exact) mass is 185 g/mol. The molecule has 1 rings (SSSR count). The van der Waals surface area contributed by atoms with E-state index in [0.29, 0.717) is 12.0 Å². The van der Waals surface area contributed by atoms with Crippen molar-refractivity contribution in [1.29, 1.82) is 0 Å². The number of hydrogen-bond donors (Lipinski definition) is 0. The van der Waals surface area contributed by atoms with E-state index in [2.05, 4.69) is 13.8 Å². The zero-order valence-electron chi connectivity index (χ0n) is 8.91. The van der Waals surface area contributed by atoms with Crippen LogP contribution >= 0.6 is 0 Å². The Morgan fingerprint density at radius 3 is 2.54 bits per heavy atom. The van der Waals surface area contributed by atoms with Gasteiger partial charge in [0.2, 0.25) is 0 Å². The highest BCUT2D eigenvalue weighted by atomic mass is 16.5. The highest BCUT2D eigenvalue weighted by molar-refractivity contribution is 5.81. The molecule has 3 atom stereocenters. The zero-order chi connectivity index (χ0) is 10.0. The van der Waals surface area contributed by atoms with Crippen LogP contribution in [-0.2, 0) is 9.53 Å². The van der Waals surface area contributed by atoms with Crippen LogP contribution in [0.4, 0.5) is 0 Å². The Labute approximate surface area is 80.1 Å². The molecular formula is C10H19NO2. The molecule has 1 saturated heterocycles. The fourth-order valence-corrected chi connectivity index (χ4v) is 1.94. The molecule has 1 amide bonds. The van der Waals surface area contributed by atoms with E-state index in [4.69, 9.17) is 4.74 Å². The molecule has 76 valence electrons. The Morgan fingerprint density at radius 2 is 2.15 bits per heavy atom. The quantitative estimate of drug-likeness (QED) is 0.648. The standard InChI is InChI=1S/C10H19NO2/c1-7-5-8(2)11(6-7)10(12)9(3)13-4/h7-9H,5-6H2,1-4H3. The molecule has 0 aromatic rings. The van der Waals surface area contributed by atoms with E-state index >= 15 is 0 Å². The van der Waals surface area contributed by atoms with E-state index < -0.39 is 0 Å². The van der Waals surface area contributed by atoms with E-state index in [1.54, 1.807) is 14.0 Å². The second-order valence-corrected chi connectivity index (χ2v) is 4.06. The maximum absolute atomic E-state index is 11.7.